The molecule has 0 aliphatic heterocycles. The Balaban J connectivity index is 0.000000209. The fraction of sp³-hybridized carbons (Fsp3) is 0. The second kappa shape index (κ2) is 8.73. The minimum Gasteiger partial charge on any atom is -0.393 e. The van der Waals surface area contributed by atoms with E-state index in [-0.39, 0.29) is 17.1 Å². The largest absolute Gasteiger partial charge is 0.393 e. The van der Waals surface area contributed by atoms with Crippen LogP contribution in [-0.2, 0) is 0 Å². The fourth-order valence-corrected chi connectivity index (χ4v) is 1.97. The molecule has 2 aromatic carbocycles. The Hall–Kier alpha value is -4.01. The second-order valence-corrected chi connectivity index (χ2v) is 4.93. The van der Waals surface area contributed by atoms with Crippen molar-refractivity contribution in [2.75, 3.05) is 11.1 Å². The molecule has 0 saturated heterocycles. The maximum Gasteiger partial charge on any atom is 0.292 e. The topological polar surface area (TPSA) is 137 Å². The number of nitrogens with zero attached hydrogens (tertiary/aromatic N) is 3. The van der Waals surface area contributed by atoms with Gasteiger partial charge in [-0.1, -0.05) is 30.3 Å². The van der Waals surface area contributed by atoms with Gasteiger partial charge in [-0.25, -0.2) is 4.98 Å². The van der Waals surface area contributed by atoms with E-state index in [1.165, 1.54) is 18.2 Å². The number of aromatic nitrogens is 1. The summed E-state index contributed by atoms with van der Waals surface area (Å²) in [6.07, 6.45) is 1.62. The van der Waals surface area contributed by atoms with Gasteiger partial charge in [0.1, 0.15) is 17.2 Å². The number of hydrogen-bond acceptors (Lipinski definition) is 7. The average Bonchev–Trinajstić information content (AvgIpc) is 2.63. The summed E-state index contributed by atoms with van der Waals surface area (Å²) >= 11 is 0. The summed E-state index contributed by atoms with van der Waals surface area (Å²) in [5.41, 5.74) is 5.91. The van der Waals surface area contributed by atoms with Crippen molar-refractivity contribution in [1.82, 2.24) is 4.98 Å². The molecule has 0 saturated carbocycles. The highest BCUT2D eigenvalue weighted by Gasteiger charge is 2.12. The monoisotopic (exact) mass is 353 g/mol. The molecule has 3 aromatic rings. The van der Waals surface area contributed by atoms with Gasteiger partial charge in [-0.2, -0.15) is 0 Å². The van der Waals surface area contributed by atoms with Crippen LogP contribution in [0, 0.1) is 20.2 Å². The van der Waals surface area contributed by atoms with Crippen LogP contribution in [0.2, 0.25) is 0 Å². The fourth-order valence-electron chi connectivity index (χ4n) is 1.97. The van der Waals surface area contributed by atoms with Crippen molar-refractivity contribution in [3.05, 3.63) is 93.2 Å². The van der Waals surface area contributed by atoms with Crippen molar-refractivity contribution in [2.24, 2.45) is 0 Å². The number of pyridine rings is 1. The van der Waals surface area contributed by atoms with Crippen molar-refractivity contribution in [3.8, 4) is 0 Å². The average molecular weight is 353 g/mol. The summed E-state index contributed by atoms with van der Waals surface area (Å²) in [6.45, 7) is 0. The first kappa shape index (κ1) is 18.3. The molecule has 9 nitrogen and oxygen atoms in total. The minimum absolute atomic E-state index is 0.0353. The lowest BCUT2D eigenvalue weighted by atomic mass is 10.2. The zero-order valence-electron chi connectivity index (χ0n) is 13.5. The Morgan fingerprint density at radius 3 is 1.92 bits per heavy atom. The number of nitrogens with two attached hydrogens (primary N) is 1. The van der Waals surface area contributed by atoms with Crippen LogP contribution < -0.4 is 11.1 Å². The standard InChI is InChI=1S/C11H9N3O2.C6H6N2O2/c15-14(16)10-6-2-1-5-9(10)13-11-7-3-4-8-12-11;7-5-3-1-2-4-6(5)8(9)10/h1-8H,(H,12,13);1-4H,7H2. The van der Waals surface area contributed by atoms with Gasteiger partial charge in [0.15, 0.2) is 0 Å². The summed E-state index contributed by atoms with van der Waals surface area (Å²) in [4.78, 5) is 24.0. The van der Waals surface area contributed by atoms with Gasteiger partial charge in [-0.3, -0.25) is 20.2 Å². The normalized spacial score (nSPS) is 9.54. The van der Waals surface area contributed by atoms with E-state index in [0.29, 0.717) is 11.5 Å². The lowest BCUT2D eigenvalue weighted by molar-refractivity contribution is -0.384. The molecule has 26 heavy (non-hydrogen) atoms. The zero-order chi connectivity index (χ0) is 18.9. The number of nitrogens with one attached hydrogen (secondary N) is 1. The molecule has 0 aliphatic rings. The van der Waals surface area contributed by atoms with Gasteiger partial charge in [-0.05, 0) is 24.3 Å². The van der Waals surface area contributed by atoms with E-state index >= 15 is 0 Å². The second-order valence-electron chi connectivity index (χ2n) is 4.93. The molecule has 0 radical (unpaired) electrons. The van der Waals surface area contributed by atoms with Crippen LogP contribution in [0.1, 0.15) is 0 Å². The Morgan fingerprint density at radius 1 is 0.808 bits per heavy atom. The molecule has 1 aromatic heterocycles. The van der Waals surface area contributed by atoms with Crippen LogP contribution in [0.3, 0.4) is 0 Å². The SMILES string of the molecule is Nc1ccccc1[N+](=O)[O-].O=[N+]([O-])c1ccccc1Nc1ccccn1. The van der Waals surface area contributed by atoms with Crippen molar-refractivity contribution >= 4 is 28.6 Å². The number of anilines is 3. The third-order valence-electron chi connectivity index (χ3n) is 3.16. The first-order valence-corrected chi connectivity index (χ1v) is 7.39. The van der Waals surface area contributed by atoms with Crippen LogP contribution in [0.15, 0.2) is 72.9 Å². The number of nitro groups is 2. The number of benzene rings is 2. The maximum absolute atomic E-state index is 10.8. The van der Waals surface area contributed by atoms with Gasteiger partial charge in [0.05, 0.1) is 9.85 Å². The number of para-hydroxylation sites is 4. The van der Waals surface area contributed by atoms with Crippen molar-refractivity contribution in [2.45, 2.75) is 0 Å². The molecule has 0 fully saturated rings. The smallest absolute Gasteiger partial charge is 0.292 e. The Labute approximate surface area is 148 Å². The van der Waals surface area contributed by atoms with Crippen molar-refractivity contribution in [3.63, 3.8) is 0 Å². The molecular formula is C17H15N5O4. The van der Waals surface area contributed by atoms with E-state index in [2.05, 4.69) is 10.3 Å². The van der Waals surface area contributed by atoms with Crippen molar-refractivity contribution in [1.29, 1.82) is 0 Å². The maximum atomic E-state index is 10.8. The Morgan fingerprint density at radius 2 is 1.38 bits per heavy atom. The van der Waals surface area contributed by atoms with Gasteiger partial charge >= 0.3 is 0 Å². The van der Waals surface area contributed by atoms with Gasteiger partial charge in [0, 0.05) is 18.3 Å². The molecule has 0 amide bonds. The quantitative estimate of drug-likeness (QED) is 0.412. The number of nitro benzene ring substituents is 2. The van der Waals surface area contributed by atoms with E-state index < -0.39 is 9.85 Å². The molecule has 0 bridgehead atoms. The summed E-state index contributed by atoms with van der Waals surface area (Å²) in [6, 6.07) is 17.9. The van der Waals surface area contributed by atoms with Gasteiger partial charge < -0.3 is 11.1 Å². The predicted molar refractivity (Wildman–Crippen MR) is 98.1 cm³/mol. The zero-order valence-corrected chi connectivity index (χ0v) is 13.5. The minimum atomic E-state index is -0.505. The lowest BCUT2D eigenvalue weighted by Crippen LogP contribution is -1.97. The Bertz CT molecular complexity index is 902. The van der Waals surface area contributed by atoms with E-state index in [1.807, 2.05) is 6.07 Å². The summed E-state index contributed by atoms with van der Waals surface area (Å²) in [5.74, 6) is 0.580. The van der Waals surface area contributed by atoms with E-state index in [0.717, 1.165) is 0 Å². The molecule has 3 rings (SSSR count). The molecule has 9 heteroatoms. The van der Waals surface area contributed by atoms with Crippen LogP contribution in [0.25, 0.3) is 0 Å². The van der Waals surface area contributed by atoms with E-state index in [4.69, 9.17) is 5.73 Å². The third-order valence-corrected chi connectivity index (χ3v) is 3.16. The summed E-state index contributed by atoms with van der Waals surface area (Å²) in [7, 11) is 0. The van der Waals surface area contributed by atoms with Gasteiger partial charge in [-0.15, -0.1) is 0 Å². The molecule has 0 atom stereocenters. The summed E-state index contributed by atoms with van der Waals surface area (Å²) in [5, 5.41) is 23.8. The van der Waals surface area contributed by atoms with Crippen LogP contribution in [0.4, 0.5) is 28.6 Å². The summed E-state index contributed by atoms with van der Waals surface area (Å²) < 4.78 is 0. The van der Waals surface area contributed by atoms with E-state index in [9.17, 15) is 20.2 Å². The van der Waals surface area contributed by atoms with Gasteiger partial charge in [0.25, 0.3) is 11.4 Å². The molecule has 0 aliphatic carbocycles. The third kappa shape index (κ3) is 4.99. The van der Waals surface area contributed by atoms with Crippen LogP contribution in [-0.4, -0.2) is 14.8 Å². The number of hydrogen-bond donors (Lipinski definition) is 2. The number of nitrogen functional groups attached to an aromatic ring is 1. The van der Waals surface area contributed by atoms with Gasteiger partial charge in [0.2, 0.25) is 0 Å². The Kier molecular flexibility index (Phi) is 6.16. The first-order chi connectivity index (χ1) is 12.5. The molecular weight excluding hydrogens is 338 g/mol. The predicted octanol–water partition coefficient (Wildman–Crippen LogP) is 3.91. The number of rotatable bonds is 4. The van der Waals surface area contributed by atoms with Crippen LogP contribution >= 0.6 is 0 Å². The molecule has 0 unspecified atom stereocenters. The highest BCUT2D eigenvalue weighted by atomic mass is 16.6. The lowest BCUT2D eigenvalue weighted by Gasteiger charge is -2.05. The van der Waals surface area contributed by atoms with Crippen LogP contribution in [0.5, 0.6) is 0 Å². The van der Waals surface area contributed by atoms with Crippen molar-refractivity contribution < 1.29 is 9.85 Å². The molecule has 3 N–H and O–H groups in total. The molecule has 1 heterocycles. The highest BCUT2D eigenvalue weighted by molar-refractivity contribution is 5.67. The highest BCUT2D eigenvalue weighted by Crippen LogP contribution is 2.25. The first-order valence-electron chi connectivity index (χ1n) is 7.39. The van der Waals surface area contributed by atoms with E-state index in [1.54, 1.807) is 48.7 Å². The molecule has 132 valence electrons. The molecule has 0 spiro atoms.